The van der Waals surface area contributed by atoms with E-state index in [0.29, 0.717) is 11.8 Å². The molecule has 25 heavy (non-hydrogen) atoms. The van der Waals surface area contributed by atoms with Crippen molar-refractivity contribution in [3.63, 3.8) is 0 Å². The fraction of sp³-hybridized carbons (Fsp3) is 0.0526. The first-order valence-electron chi connectivity index (χ1n) is 7.94. The lowest BCUT2D eigenvalue weighted by atomic mass is 10.0. The van der Waals surface area contributed by atoms with Gasteiger partial charge in [0.05, 0.1) is 0 Å². The van der Waals surface area contributed by atoms with E-state index in [0.717, 1.165) is 28.2 Å². The molecule has 0 unspecified atom stereocenters. The summed E-state index contributed by atoms with van der Waals surface area (Å²) in [5.74, 6) is 1.07. The van der Waals surface area contributed by atoms with Crippen LogP contribution in [0.15, 0.2) is 66.7 Å². The Morgan fingerprint density at radius 2 is 1.44 bits per heavy atom. The molecule has 4 aromatic rings. The molecule has 6 nitrogen and oxygen atoms in total. The first-order valence-corrected chi connectivity index (χ1v) is 7.94. The second-order valence-electron chi connectivity index (χ2n) is 5.63. The minimum Gasteiger partial charge on any atom is -0.306 e. The topological polar surface area (TPSA) is 79.4 Å². The summed E-state index contributed by atoms with van der Waals surface area (Å²) >= 11 is 0. The lowest BCUT2D eigenvalue weighted by molar-refractivity contribution is 0.981. The highest BCUT2D eigenvalue weighted by Crippen LogP contribution is 2.29. The fourth-order valence-electron chi connectivity index (χ4n) is 2.56. The van der Waals surface area contributed by atoms with Gasteiger partial charge in [-0.2, -0.15) is 5.10 Å². The van der Waals surface area contributed by atoms with Crippen molar-refractivity contribution in [3.05, 3.63) is 72.4 Å². The number of aryl methyl sites for hydroxylation is 1. The molecule has 0 saturated heterocycles. The minimum atomic E-state index is 0.407. The van der Waals surface area contributed by atoms with Crippen molar-refractivity contribution in [2.24, 2.45) is 0 Å². The van der Waals surface area contributed by atoms with Crippen LogP contribution in [0.3, 0.4) is 0 Å². The number of rotatable bonds is 4. The van der Waals surface area contributed by atoms with E-state index in [1.54, 1.807) is 0 Å². The van der Waals surface area contributed by atoms with E-state index < -0.39 is 0 Å². The molecule has 2 aromatic carbocycles. The third-order valence-electron chi connectivity index (χ3n) is 3.73. The number of aromatic amines is 1. The Morgan fingerprint density at radius 3 is 2.04 bits per heavy atom. The summed E-state index contributed by atoms with van der Waals surface area (Å²) in [5.41, 5.74) is 4.44. The molecule has 4 rings (SSSR count). The fourth-order valence-corrected chi connectivity index (χ4v) is 2.56. The molecule has 2 heterocycles. The number of anilines is 2. The first-order chi connectivity index (χ1) is 12.3. The van der Waals surface area contributed by atoms with Crippen LogP contribution in [0.2, 0.25) is 0 Å². The van der Waals surface area contributed by atoms with Gasteiger partial charge >= 0.3 is 0 Å². The Hall–Kier alpha value is -3.54. The summed E-state index contributed by atoms with van der Waals surface area (Å²) < 4.78 is 0. The number of aromatic nitrogens is 5. The normalized spacial score (nSPS) is 10.6. The van der Waals surface area contributed by atoms with Gasteiger partial charge in [-0.3, -0.25) is 5.10 Å². The lowest BCUT2D eigenvalue weighted by Gasteiger charge is -2.09. The largest absolute Gasteiger partial charge is 0.306 e. The number of benzene rings is 2. The molecule has 122 valence electrons. The molecule has 0 radical (unpaired) electrons. The molecular formula is C19H16N6. The van der Waals surface area contributed by atoms with Crippen molar-refractivity contribution >= 4 is 11.8 Å². The summed E-state index contributed by atoms with van der Waals surface area (Å²) in [6, 6.07) is 21.8. The van der Waals surface area contributed by atoms with E-state index >= 15 is 0 Å². The average Bonchev–Trinajstić information content (AvgIpc) is 3.08. The summed E-state index contributed by atoms with van der Waals surface area (Å²) in [6.45, 7) is 1.94. The molecule has 6 heteroatoms. The van der Waals surface area contributed by atoms with Gasteiger partial charge in [0.25, 0.3) is 0 Å². The third kappa shape index (κ3) is 3.23. The molecule has 0 aliphatic carbocycles. The van der Waals surface area contributed by atoms with E-state index in [4.69, 9.17) is 0 Å². The van der Waals surface area contributed by atoms with Crippen LogP contribution in [0.5, 0.6) is 0 Å². The van der Waals surface area contributed by atoms with E-state index in [1.165, 1.54) is 0 Å². The van der Waals surface area contributed by atoms with Crippen LogP contribution in [0.25, 0.3) is 22.5 Å². The van der Waals surface area contributed by atoms with E-state index in [1.807, 2.05) is 73.7 Å². The van der Waals surface area contributed by atoms with Crippen molar-refractivity contribution < 1.29 is 0 Å². The predicted molar refractivity (Wildman–Crippen MR) is 97.3 cm³/mol. The SMILES string of the molecule is Cc1cc(Nc2nnc(-c3ccccc3)c(-c3ccccc3)n2)n[nH]1. The van der Waals surface area contributed by atoms with Gasteiger partial charge < -0.3 is 5.32 Å². The van der Waals surface area contributed by atoms with Crippen LogP contribution >= 0.6 is 0 Å². The molecule has 0 spiro atoms. The molecule has 2 aromatic heterocycles. The smallest absolute Gasteiger partial charge is 0.249 e. The highest BCUT2D eigenvalue weighted by atomic mass is 15.3. The second kappa shape index (κ2) is 6.52. The molecule has 0 fully saturated rings. The monoisotopic (exact) mass is 328 g/mol. The van der Waals surface area contributed by atoms with Gasteiger partial charge in [0.15, 0.2) is 5.82 Å². The van der Waals surface area contributed by atoms with Gasteiger partial charge in [0.1, 0.15) is 11.4 Å². The molecular weight excluding hydrogens is 312 g/mol. The number of hydrogen-bond acceptors (Lipinski definition) is 5. The Bertz CT molecular complexity index is 979. The lowest BCUT2D eigenvalue weighted by Crippen LogP contribution is -2.03. The average molecular weight is 328 g/mol. The standard InChI is InChI=1S/C19H16N6/c1-13-12-16(23-22-13)20-19-21-17(14-8-4-2-5-9-14)18(24-25-19)15-10-6-3-7-11-15/h2-12H,1H3,(H2,20,21,22,23,25). The van der Waals surface area contributed by atoms with Gasteiger partial charge in [0, 0.05) is 22.9 Å². The molecule has 0 saturated carbocycles. The van der Waals surface area contributed by atoms with Crippen molar-refractivity contribution in [1.29, 1.82) is 0 Å². The van der Waals surface area contributed by atoms with Gasteiger partial charge in [-0.15, -0.1) is 10.2 Å². The number of H-pyrrole nitrogens is 1. The van der Waals surface area contributed by atoms with Crippen molar-refractivity contribution in [2.45, 2.75) is 6.92 Å². The Morgan fingerprint density at radius 1 is 0.800 bits per heavy atom. The maximum absolute atomic E-state index is 4.69. The first kappa shape index (κ1) is 15.0. The molecule has 0 aliphatic rings. The van der Waals surface area contributed by atoms with Crippen molar-refractivity contribution in [1.82, 2.24) is 25.4 Å². The zero-order chi connectivity index (χ0) is 17.1. The van der Waals surface area contributed by atoms with Gasteiger partial charge in [-0.1, -0.05) is 60.7 Å². The van der Waals surface area contributed by atoms with Gasteiger partial charge in [0.2, 0.25) is 5.95 Å². The molecule has 2 N–H and O–H groups in total. The van der Waals surface area contributed by atoms with Crippen LogP contribution < -0.4 is 5.32 Å². The van der Waals surface area contributed by atoms with E-state index in [9.17, 15) is 0 Å². The van der Waals surface area contributed by atoms with E-state index in [2.05, 4.69) is 30.7 Å². The second-order valence-corrected chi connectivity index (χ2v) is 5.63. The Labute approximate surface area is 145 Å². The number of nitrogens with one attached hydrogen (secondary N) is 2. The van der Waals surface area contributed by atoms with Crippen LogP contribution in [-0.4, -0.2) is 25.4 Å². The summed E-state index contributed by atoms with van der Waals surface area (Å²) in [5, 5.41) is 18.8. The molecule has 0 bridgehead atoms. The predicted octanol–water partition coefficient (Wildman–Crippen LogP) is 3.98. The highest BCUT2D eigenvalue weighted by molar-refractivity contribution is 5.78. The van der Waals surface area contributed by atoms with E-state index in [-0.39, 0.29) is 0 Å². The maximum atomic E-state index is 4.69. The Kier molecular flexibility index (Phi) is 3.92. The quantitative estimate of drug-likeness (QED) is 0.592. The van der Waals surface area contributed by atoms with Gasteiger partial charge in [-0.05, 0) is 6.92 Å². The van der Waals surface area contributed by atoms with Crippen molar-refractivity contribution in [3.8, 4) is 22.5 Å². The maximum Gasteiger partial charge on any atom is 0.249 e. The zero-order valence-corrected chi connectivity index (χ0v) is 13.6. The number of nitrogens with zero attached hydrogens (tertiary/aromatic N) is 4. The Balaban J connectivity index is 1.80. The van der Waals surface area contributed by atoms with Crippen LogP contribution in [-0.2, 0) is 0 Å². The summed E-state index contributed by atoms with van der Waals surface area (Å²) in [4.78, 5) is 4.69. The van der Waals surface area contributed by atoms with Crippen LogP contribution in [0.4, 0.5) is 11.8 Å². The highest BCUT2D eigenvalue weighted by Gasteiger charge is 2.13. The molecule has 0 amide bonds. The van der Waals surface area contributed by atoms with Crippen LogP contribution in [0, 0.1) is 6.92 Å². The molecule has 0 aliphatic heterocycles. The summed E-state index contributed by atoms with van der Waals surface area (Å²) in [7, 11) is 0. The molecule has 0 atom stereocenters. The van der Waals surface area contributed by atoms with Crippen molar-refractivity contribution in [2.75, 3.05) is 5.32 Å². The zero-order valence-electron chi connectivity index (χ0n) is 13.6. The van der Waals surface area contributed by atoms with Crippen LogP contribution in [0.1, 0.15) is 5.69 Å². The minimum absolute atomic E-state index is 0.407. The number of hydrogen-bond donors (Lipinski definition) is 2. The summed E-state index contributed by atoms with van der Waals surface area (Å²) in [6.07, 6.45) is 0. The van der Waals surface area contributed by atoms with Gasteiger partial charge in [-0.25, -0.2) is 4.98 Å². The third-order valence-corrected chi connectivity index (χ3v) is 3.73.